The van der Waals surface area contributed by atoms with Crippen LogP contribution in [0.4, 0.5) is 0 Å². The fraction of sp³-hybridized carbons (Fsp3) is 0.429. The second-order valence-corrected chi connectivity index (χ2v) is 7.66. The highest BCUT2D eigenvalue weighted by molar-refractivity contribution is 5.27. The van der Waals surface area contributed by atoms with Crippen LogP contribution in [0.3, 0.4) is 0 Å². The van der Waals surface area contributed by atoms with Crippen molar-refractivity contribution in [3.8, 4) is 5.75 Å². The summed E-state index contributed by atoms with van der Waals surface area (Å²) >= 11 is 0. The highest BCUT2D eigenvalue weighted by Gasteiger charge is 2.56. The molecular formula is C21H25NO3. The van der Waals surface area contributed by atoms with Gasteiger partial charge in [-0.25, -0.2) is 0 Å². The SMILES string of the molecule is Oc1ccc([C@H](O)CN2C[C@H]3C[C@](O)(Cc4ccccc4)[C@H]3C2)cc1. The Morgan fingerprint density at radius 3 is 2.48 bits per heavy atom. The Labute approximate surface area is 148 Å². The molecule has 0 unspecified atom stereocenters. The molecule has 0 aromatic heterocycles. The number of likely N-dealkylation sites (tertiary alicyclic amines) is 1. The van der Waals surface area contributed by atoms with Gasteiger partial charge < -0.3 is 15.3 Å². The first-order valence-electron chi connectivity index (χ1n) is 8.99. The van der Waals surface area contributed by atoms with E-state index in [0.717, 1.165) is 25.1 Å². The molecule has 0 bridgehead atoms. The second-order valence-electron chi connectivity index (χ2n) is 7.66. The zero-order valence-corrected chi connectivity index (χ0v) is 14.3. The van der Waals surface area contributed by atoms with Crippen LogP contribution < -0.4 is 0 Å². The third-order valence-corrected chi connectivity index (χ3v) is 5.88. The zero-order chi connectivity index (χ0) is 17.4. The van der Waals surface area contributed by atoms with E-state index in [1.165, 1.54) is 5.56 Å². The topological polar surface area (TPSA) is 63.9 Å². The summed E-state index contributed by atoms with van der Waals surface area (Å²) in [5.41, 5.74) is 1.40. The van der Waals surface area contributed by atoms with Crippen LogP contribution in [-0.2, 0) is 6.42 Å². The maximum Gasteiger partial charge on any atom is 0.115 e. The van der Waals surface area contributed by atoms with Gasteiger partial charge in [0.05, 0.1) is 11.7 Å². The van der Waals surface area contributed by atoms with Gasteiger partial charge in [0.2, 0.25) is 0 Å². The Hall–Kier alpha value is -1.88. The van der Waals surface area contributed by atoms with Gasteiger partial charge in [0.1, 0.15) is 5.75 Å². The number of hydrogen-bond donors (Lipinski definition) is 3. The van der Waals surface area contributed by atoms with Crippen LogP contribution in [-0.4, -0.2) is 45.5 Å². The number of aromatic hydroxyl groups is 1. The minimum Gasteiger partial charge on any atom is -0.508 e. The van der Waals surface area contributed by atoms with Gasteiger partial charge in [0, 0.05) is 32.0 Å². The van der Waals surface area contributed by atoms with Crippen molar-refractivity contribution in [2.45, 2.75) is 24.5 Å². The number of rotatable bonds is 5. The summed E-state index contributed by atoms with van der Waals surface area (Å²) in [5.74, 6) is 1.03. The van der Waals surface area contributed by atoms with Crippen LogP contribution in [0.25, 0.3) is 0 Å². The fourth-order valence-corrected chi connectivity index (χ4v) is 4.57. The molecule has 2 aromatic carbocycles. The maximum absolute atomic E-state index is 11.0. The Balaban J connectivity index is 1.36. The van der Waals surface area contributed by atoms with Crippen LogP contribution in [0, 0.1) is 11.8 Å². The average Bonchev–Trinajstić information content (AvgIpc) is 2.94. The molecular weight excluding hydrogens is 314 g/mol. The quantitative estimate of drug-likeness (QED) is 0.782. The van der Waals surface area contributed by atoms with Crippen molar-refractivity contribution >= 4 is 0 Å². The first-order chi connectivity index (χ1) is 12.0. The zero-order valence-electron chi connectivity index (χ0n) is 14.3. The van der Waals surface area contributed by atoms with Gasteiger partial charge in [-0.1, -0.05) is 42.5 Å². The lowest BCUT2D eigenvalue weighted by Crippen LogP contribution is -2.55. The van der Waals surface area contributed by atoms with E-state index in [9.17, 15) is 15.3 Å². The van der Waals surface area contributed by atoms with Gasteiger partial charge in [-0.05, 0) is 35.6 Å². The summed E-state index contributed by atoms with van der Waals surface area (Å²) in [6.45, 7) is 2.35. The summed E-state index contributed by atoms with van der Waals surface area (Å²) in [6, 6.07) is 16.9. The predicted molar refractivity (Wildman–Crippen MR) is 96.2 cm³/mol. The average molecular weight is 339 g/mol. The van der Waals surface area contributed by atoms with Crippen LogP contribution in [0.15, 0.2) is 54.6 Å². The molecule has 4 nitrogen and oxygen atoms in total. The van der Waals surface area contributed by atoms with Crippen LogP contribution in [0.2, 0.25) is 0 Å². The normalized spacial score (nSPS) is 29.8. The molecule has 4 heteroatoms. The monoisotopic (exact) mass is 339 g/mol. The van der Waals surface area contributed by atoms with Crippen LogP contribution in [0.5, 0.6) is 5.75 Å². The molecule has 25 heavy (non-hydrogen) atoms. The molecule has 1 saturated heterocycles. The van der Waals surface area contributed by atoms with E-state index in [4.69, 9.17) is 0 Å². The van der Waals surface area contributed by atoms with Gasteiger partial charge >= 0.3 is 0 Å². The number of hydrogen-bond acceptors (Lipinski definition) is 4. The largest absolute Gasteiger partial charge is 0.508 e. The molecule has 1 saturated carbocycles. The molecule has 2 aliphatic rings. The standard InChI is InChI=1S/C21H25NO3/c23-18-8-6-16(7-9-18)20(24)14-22-12-17-11-21(25,19(17)13-22)10-15-4-2-1-3-5-15/h1-9,17,19-20,23-25H,10-14H2/t17-,19+,20-,21-/m1/s1. The number of fused-ring (bicyclic) bond motifs is 1. The Bertz CT molecular complexity index is 718. The van der Waals surface area contributed by atoms with Crippen LogP contribution in [0.1, 0.15) is 23.7 Å². The lowest BCUT2D eigenvalue weighted by atomic mass is 9.61. The summed E-state index contributed by atoms with van der Waals surface area (Å²) in [4.78, 5) is 2.26. The van der Waals surface area contributed by atoms with Gasteiger partial charge in [-0.2, -0.15) is 0 Å². The van der Waals surface area contributed by atoms with Crippen molar-refractivity contribution < 1.29 is 15.3 Å². The second kappa shape index (κ2) is 6.45. The lowest BCUT2D eigenvalue weighted by Gasteiger charge is -2.48. The fourth-order valence-electron chi connectivity index (χ4n) is 4.57. The Morgan fingerprint density at radius 2 is 1.76 bits per heavy atom. The molecule has 1 aliphatic heterocycles. The van der Waals surface area contributed by atoms with Crippen molar-refractivity contribution in [2.24, 2.45) is 11.8 Å². The predicted octanol–water partition coefficient (Wildman–Crippen LogP) is 2.35. The molecule has 2 aromatic rings. The lowest BCUT2D eigenvalue weighted by molar-refractivity contribution is -0.116. The van der Waals surface area contributed by atoms with E-state index in [2.05, 4.69) is 17.0 Å². The van der Waals surface area contributed by atoms with E-state index < -0.39 is 11.7 Å². The maximum atomic E-state index is 11.0. The third kappa shape index (κ3) is 3.30. The van der Waals surface area contributed by atoms with E-state index in [1.807, 2.05) is 18.2 Å². The molecule has 0 radical (unpaired) electrons. The summed E-state index contributed by atoms with van der Waals surface area (Å²) in [5, 5.41) is 30.8. The molecule has 132 valence electrons. The minimum absolute atomic E-state index is 0.209. The first kappa shape index (κ1) is 16.6. The Kier molecular flexibility index (Phi) is 4.28. The number of benzene rings is 2. The first-order valence-corrected chi connectivity index (χ1v) is 8.99. The highest BCUT2D eigenvalue weighted by Crippen LogP contribution is 2.50. The van der Waals surface area contributed by atoms with Crippen molar-refractivity contribution in [1.82, 2.24) is 4.90 Å². The van der Waals surface area contributed by atoms with E-state index in [-0.39, 0.29) is 5.75 Å². The highest BCUT2D eigenvalue weighted by atomic mass is 16.3. The van der Waals surface area contributed by atoms with Crippen molar-refractivity contribution in [3.63, 3.8) is 0 Å². The summed E-state index contributed by atoms with van der Waals surface area (Å²) in [6.07, 6.45) is 0.988. The molecule has 4 atom stereocenters. The number of aliphatic hydroxyl groups is 2. The molecule has 3 N–H and O–H groups in total. The van der Waals surface area contributed by atoms with E-state index in [0.29, 0.717) is 24.8 Å². The number of phenols is 1. The van der Waals surface area contributed by atoms with Crippen LogP contribution >= 0.6 is 0 Å². The molecule has 0 amide bonds. The number of nitrogens with zero attached hydrogens (tertiary/aromatic N) is 1. The number of aliphatic hydroxyl groups excluding tert-OH is 1. The van der Waals surface area contributed by atoms with Gasteiger partial charge in [0.25, 0.3) is 0 Å². The number of β-amino-alcohol motifs (C(OH)–C–C–N with tert-alkyl or cyclic N) is 1. The smallest absolute Gasteiger partial charge is 0.115 e. The Morgan fingerprint density at radius 1 is 1.04 bits per heavy atom. The van der Waals surface area contributed by atoms with E-state index in [1.54, 1.807) is 24.3 Å². The third-order valence-electron chi connectivity index (χ3n) is 5.88. The van der Waals surface area contributed by atoms with Gasteiger partial charge in [-0.15, -0.1) is 0 Å². The summed E-state index contributed by atoms with van der Waals surface area (Å²) < 4.78 is 0. The molecule has 1 aliphatic carbocycles. The molecule has 1 heterocycles. The van der Waals surface area contributed by atoms with Crippen molar-refractivity contribution in [3.05, 3.63) is 65.7 Å². The molecule has 2 fully saturated rings. The molecule has 4 rings (SSSR count). The van der Waals surface area contributed by atoms with Crippen molar-refractivity contribution in [2.75, 3.05) is 19.6 Å². The van der Waals surface area contributed by atoms with Gasteiger partial charge in [-0.3, -0.25) is 4.90 Å². The van der Waals surface area contributed by atoms with Gasteiger partial charge in [0.15, 0.2) is 0 Å². The van der Waals surface area contributed by atoms with E-state index >= 15 is 0 Å². The summed E-state index contributed by atoms with van der Waals surface area (Å²) in [7, 11) is 0. The number of phenolic OH excluding ortho intramolecular Hbond substituents is 1. The van der Waals surface area contributed by atoms with Crippen molar-refractivity contribution in [1.29, 1.82) is 0 Å². The molecule has 0 spiro atoms. The minimum atomic E-state index is -0.607.